The molecule has 7 heteroatoms. The van der Waals surface area contributed by atoms with Gasteiger partial charge in [0.25, 0.3) is 0 Å². The number of thiophene rings is 1. The van der Waals surface area contributed by atoms with Crippen LogP contribution in [0.3, 0.4) is 0 Å². The number of anilines is 2. The van der Waals surface area contributed by atoms with Crippen molar-refractivity contribution in [3.05, 3.63) is 76.2 Å². The monoisotopic (exact) mass is 479 g/mol. The Morgan fingerprint density at radius 1 is 1.15 bits per heavy atom. The Morgan fingerprint density at radius 3 is 2.71 bits per heavy atom. The number of hydrogen-bond acceptors (Lipinski definition) is 6. The summed E-state index contributed by atoms with van der Waals surface area (Å²) in [5, 5.41) is 7.49. The van der Waals surface area contributed by atoms with Crippen LogP contribution in [-0.2, 0) is 11.2 Å². The van der Waals surface area contributed by atoms with Gasteiger partial charge in [0.15, 0.2) is 5.78 Å². The smallest absolute Gasteiger partial charge is 0.151 e. The maximum atomic E-state index is 13.3. The number of ketones is 1. The van der Waals surface area contributed by atoms with E-state index in [0.717, 1.165) is 49.4 Å². The number of rotatable bonds is 6. The van der Waals surface area contributed by atoms with E-state index in [2.05, 4.69) is 39.4 Å². The van der Waals surface area contributed by atoms with Gasteiger partial charge < -0.3 is 15.0 Å². The van der Waals surface area contributed by atoms with E-state index < -0.39 is 0 Å². The molecule has 3 aliphatic rings. The maximum absolute atomic E-state index is 13.3. The molecule has 2 aromatic carbocycles. The van der Waals surface area contributed by atoms with Gasteiger partial charge in [-0.05, 0) is 52.6 Å². The molecule has 1 saturated heterocycles. The SMILES string of the molecule is COc1cc(F)ccc1N1CCN(CC(=O)Cc2ccsc2)CC1.c1ccc2c(c1)NC1CC21. The van der Waals surface area contributed by atoms with Gasteiger partial charge >= 0.3 is 0 Å². The number of carbonyl (C=O) groups excluding carboxylic acids is 1. The number of ether oxygens (including phenoxy) is 1. The largest absolute Gasteiger partial charge is 0.494 e. The Bertz CT molecular complexity index is 1130. The van der Waals surface area contributed by atoms with E-state index in [9.17, 15) is 9.18 Å². The van der Waals surface area contributed by atoms with Crippen molar-refractivity contribution in [1.82, 2.24) is 4.90 Å². The average Bonchev–Trinajstić information content (AvgIpc) is 3.24. The summed E-state index contributed by atoms with van der Waals surface area (Å²) in [5.74, 6) is 1.36. The fraction of sp³-hybridized carbons (Fsp3) is 0.370. The van der Waals surface area contributed by atoms with Crippen LogP contribution in [0.15, 0.2) is 59.3 Å². The van der Waals surface area contributed by atoms with Gasteiger partial charge in [-0.2, -0.15) is 11.3 Å². The molecule has 0 bridgehead atoms. The second-order valence-electron chi connectivity index (χ2n) is 9.11. The summed E-state index contributed by atoms with van der Waals surface area (Å²) in [6.07, 6.45) is 1.87. The Kier molecular flexibility index (Phi) is 6.83. The van der Waals surface area contributed by atoms with Gasteiger partial charge in [-0.1, -0.05) is 18.2 Å². The average molecular weight is 480 g/mol. The minimum atomic E-state index is -0.298. The fourth-order valence-corrected chi connectivity index (χ4v) is 5.50. The van der Waals surface area contributed by atoms with Crippen LogP contribution in [0.2, 0.25) is 0 Å². The summed E-state index contributed by atoms with van der Waals surface area (Å²) < 4.78 is 18.6. The first-order valence-electron chi connectivity index (χ1n) is 11.8. The zero-order valence-electron chi connectivity index (χ0n) is 19.4. The van der Waals surface area contributed by atoms with Crippen LogP contribution in [0, 0.1) is 5.82 Å². The summed E-state index contributed by atoms with van der Waals surface area (Å²) in [6.45, 7) is 3.72. The highest BCUT2D eigenvalue weighted by molar-refractivity contribution is 7.08. The molecule has 2 unspecified atom stereocenters. The van der Waals surface area contributed by atoms with Gasteiger partial charge in [0.2, 0.25) is 0 Å². The van der Waals surface area contributed by atoms with Gasteiger partial charge in [-0.25, -0.2) is 4.39 Å². The van der Waals surface area contributed by atoms with Crippen LogP contribution in [0.25, 0.3) is 0 Å². The van der Waals surface area contributed by atoms with E-state index in [1.54, 1.807) is 24.5 Å². The molecule has 5 nitrogen and oxygen atoms in total. The Morgan fingerprint density at radius 2 is 1.97 bits per heavy atom. The third-order valence-electron chi connectivity index (χ3n) is 6.73. The lowest BCUT2D eigenvalue weighted by molar-refractivity contribution is -0.119. The number of fused-ring (bicyclic) bond motifs is 3. The van der Waals surface area contributed by atoms with Gasteiger partial charge in [-0.3, -0.25) is 9.69 Å². The van der Waals surface area contributed by atoms with Crippen molar-refractivity contribution in [1.29, 1.82) is 0 Å². The summed E-state index contributed by atoms with van der Waals surface area (Å²) in [7, 11) is 1.55. The molecular weight excluding hydrogens is 449 g/mol. The lowest BCUT2D eigenvalue weighted by Gasteiger charge is -2.36. The Hall–Kier alpha value is -2.90. The van der Waals surface area contributed by atoms with Crippen molar-refractivity contribution in [3.8, 4) is 5.75 Å². The molecule has 2 fully saturated rings. The zero-order chi connectivity index (χ0) is 23.5. The van der Waals surface area contributed by atoms with Gasteiger partial charge in [-0.15, -0.1) is 0 Å². The molecule has 1 aromatic heterocycles. The van der Waals surface area contributed by atoms with Crippen molar-refractivity contribution < 1.29 is 13.9 Å². The summed E-state index contributed by atoms with van der Waals surface area (Å²) in [5.41, 5.74) is 4.90. The molecule has 3 aromatic rings. The Labute approximate surface area is 204 Å². The summed E-state index contributed by atoms with van der Waals surface area (Å²) in [6, 6.07) is 16.0. The number of para-hydroxylation sites is 1. The molecule has 178 valence electrons. The quantitative estimate of drug-likeness (QED) is 0.550. The number of nitrogens with zero attached hydrogens (tertiary/aromatic N) is 2. The minimum absolute atomic E-state index is 0.251. The first kappa shape index (κ1) is 22.9. The summed E-state index contributed by atoms with van der Waals surface area (Å²) in [4.78, 5) is 16.5. The molecule has 34 heavy (non-hydrogen) atoms. The van der Waals surface area contributed by atoms with Gasteiger partial charge in [0, 0.05) is 56.3 Å². The predicted molar refractivity (Wildman–Crippen MR) is 136 cm³/mol. The molecule has 1 N–H and O–H groups in total. The lowest BCUT2D eigenvalue weighted by Crippen LogP contribution is -2.48. The Balaban J connectivity index is 0.000000196. The van der Waals surface area contributed by atoms with E-state index in [4.69, 9.17) is 4.74 Å². The zero-order valence-corrected chi connectivity index (χ0v) is 20.2. The number of piperazine rings is 1. The van der Waals surface area contributed by atoms with Gasteiger partial charge in [0.1, 0.15) is 11.6 Å². The van der Waals surface area contributed by atoms with E-state index in [0.29, 0.717) is 18.7 Å². The molecule has 1 aliphatic carbocycles. The third kappa shape index (κ3) is 5.26. The predicted octanol–water partition coefficient (Wildman–Crippen LogP) is 4.80. The number of Topliss-reactive ketones (excluding diaryl/α,β-unsaturated/α-hetero) is 1. The normalized spacial score (nSPS) is 20.5. The van der Waals surface area contributed by atoms with Crippen molar-refractivity contribution in [2.24, 2.45) is 0 Å². The van der Waals surface area contributed by atoms with E-state index in [1.807, 2.05) is 16.8 Å². The van der Waals surface area contributed by atoms with Crippen molar-refractivity contribution >= 4 is 28.5 Å². The lowest BCUT2D eigenvalue weighted by atomic mass is 10.1. The molecule has 2 atom stereocenters. The maximum Gasteiger partial charge on any atom is 0.151 e. The molecule has 6 rings (SSSR count). The van der Waals surface area contributed by atoms with Crippen molar-refractivity contribution in [2.45, 2.75) is 24.8 Å². The third-order valence-corrected chi connectivity index (χ3v) is 7.46. The van der Waals surface area contributed by atoms with E-state index in [-0.39, 0.29) is 11.6 Å². The first-order chi connectivity index (χ1) is 16.6. The van der Waals surface area contributed by atoms with Crippen molar-refractivity contribution in [2.75, 3.05) is 50.1 Å². The van der Waals surface area contributed by atoms with Gasteiger partial charge in [0.05, 0.1) is 19.3 Å². The summed E-state index contributed by atoms with van der Waals surface area (Å²) >= 11 is 1.62. The highest BCUT2D eigenvalue weighted by atomic mass is 32.1. The molecule has 2 aliphatic heterocycles. The number of hydrogen-bond donors (Lipinski definition) is 1. The standard InChI is InChI=1S/C18H21FN2O2S.C9H9N/c1-23-18-11-15(19)2-3-17(18)21-7-5-20(6-8-21)12-16(22)10-14-4-9-24-13-14;1-2-4-8-6(3-1)7-5-9(7)10-8/h2-4,9,11,13H,5-8,10,12H2,1H3;1-4,7,9-10H,5H2. The molecule has 0 spiro atoms. The number of methoxy groups -OCH3 is 1. The van der Waals surface area contributed by atoms with Crippen molar-refractivity contribution in [3.63, 3.8) is 0 Å². The van der Waals surface area contributed by atoms with Crippen LogP contribution < -0.4 is 15.0 Å². The highest BCUT2D eigenvalue weighted by Crippen LogP contribution is 2.51. The van der Waals surface area contributed by atoms with Crippen LogP contribution in [-0.4, -0.2) is 56.6 Å². The number of halogens is 1. The molecule has 0 radical (unpaired) electrons. The number of benzene rings is 2. The van der Waals surface area contributed by atoms with E-state index >= 15 is 0 Å². The molecule has 1 saturated carbocycles. The van der Waals surface area contributed by atoms with Crippen LogP contribution in [0.4, 0.5) is 15.8 Å². The minimum Gasteiger partial charge on any atom is -0.494 e. The molecular formula is C27H30FN3O2S. The number of nitrogens with one attached hydrogen (secondary N) is 1. The fourth-order valence-electron chi connectivity index (χ4n) is 4.84. The highest BCUT2D eigenvalue weighted by Gasteiger charge is 2.44. The molecule has 0 amide bonds. The van der Waals surface area contributed by atoms with Crippen LogP contribution >= 0.6 is 11.3 Å². The van der Waals surface area contributed by atoms with E-state index in [1.165, 1.54) is 29.8 Å². The number of carbonyl (C=O) groups is 1. The van der Waals surface area contributed by atoms with Crippen LogP contribution in [0.5, 0.6) is 5.75 Å². The topological polar surface area (TPSA) is 44.8 Å². The first-order valence-corrected chi connectivity index (χ1v) is 12.7. The second kappa shape index (κ2) is 10.2. The molecule has 3 heterocycles. The van der Waals surface area contributed by atoms with Crippen LogP contribution in [0.1, 0.15) is 23.5 Å². The second-order valence-corrected chi connectivity index (χ2v) is 9.89.